The number of aromatic nitrogens is 2. The highest BCUT2D eigenvalue weighted by molar-refractivity contribution is 6.32. The van der Waals surface area contributed by atoms with Crippen molar-refractivity contribution in [2.45, 2.75) is 24.9 Å². The molecule has 0 spiro atoms. The summed E-state index contributed by atoms with van der Waals surface area (Å²) >= 11 is 11.7. The molecule has 1 aliphatic rings. The van der Waals surface area contributed by atoms with Gasteiger partial charge in [-0.05, 0) is 42.1 Å². The van der Waals surface area contributed by atoms with Crippen LogP contribution in [-0.4, -0.2) is 9.97 Å². The summed E-state index contributed by atoms with van der Waals surface area (Å²) < 4.78 is 51.9. The van der Waals surface area contributed by atoms with Crippen molar-refractivity contribution >= 4 is 23.2 Å². The van der Waals surface area contributed by atoms with E-state index in [1.54, 1.807) is 0 Å². The normalized spacial score (nSPS) is 17.6. The minimum absolute atomic E-state index is 0.0667. The first-order chi connectivity index (χ1) is 10.3. The van der Waals surface area contributed by atoms with Crippen LogP contribution in [0.2, 0.25) is 10.4 Å². The quantitative estimate of drug-likeness (QED) is 0.410. The third kappa shape index (κ3) is 2.65. The van der Waals surface area contributed by atoms with Crippen LogP contribution >= 0.6 is 23.2 Å². The Kier molecular flexibility index (Phi) is 3.77. The summed E-state index contributed by atoms with van der Waals surface area (Å²) in [5.41, 5.74) is 0.266. The predicted octanol–water partition coefficient (Wildman–Crippen LogP) is 5.02. The number of hydrogen-bond acceptors (Lipinski definition) is 2. The molecule has 0 aliphatic heterocycles. The lowest BCUT2D eigenvalue weighted by atomic mass is 9.95. The van der Waals surface area contributed by atoms with E-state index in [4.69, 9.17) is 23.2 Å². The van der Waals surface area contributed by atoms with E-state index < -0.39 is 23.5 Å². The highest BCUT2D eigenvalue weighted by Gasteiger charge is 2.34. The minimum atomic E-state index is -4.58. The monoisotopic (exact) mass is 350 g/mol. The second-order valence-corrected chi connectivity index (χ2v) is 5.67. The second-order valence-electron chi connectivity index (χ2n) is 4.97. The highest BCUT2D eigenvalue weighted by Crippen LogP contribution is 2.41. The average molecular weight is 351 g/mol. The smallest absolute Gasteiger partial charge is 0.222 e. The summed E-state index contributed by atoms with van der Waals surface area (Å²) in [5, 5.41) is 0.132. The molecular weight excluding hydrogens is 343 g/mol. The molecule has 1 atom stereocenters. The van der Waals surface area contributed by atoms with Crippen LogP contribution in [0.3, 0.4) is 0 Å². The molecule has 0 bridgehead atoms. The molecule has 0 saturated heterocycles. The van der Waals surface area contributed by atoms with Gasteiger partial charge in [-0.15, -0.1) is 0 Å². The lowest BCUT2D eigenvalue weighted by Gasteiger charge is -2.14. The van der Waals surface area contributed by atoms with E-state index in [1.807, 2.05) is 0 Å². The first-order valence-corrected chi connectivity index (χ1v) is 7.11. The van der Waals surface area contributed by atoms with Crippen LogP contribution in [0, 0.1) is 5.82 Å². The Morgan fingerprint density at radius 3 is 2.50 bits per heavy atom. The lowest BCUT2D eigenvalue weighted by molar-refractivity contribution is -0.137. The molecule has 1 aliphatic carbocycles. The maximum Gasteiger partial charge on any atom is 0.416 e. The van der Waals surface area contributed by atoms with Crippen molar-refractivity contribution in [2.75, 3.05) is 0 Å². The van der Waals surface area contributed by atoms with E-state index >= 15 is 0 Å². The Morgan fingerprint density at radius 2 is 1.86 bits per heavy atom. The lowest BCUT2D eigenvalue weighted by Crippen LogP contribution is -2.08. The molecule has 8 heteroatoms. The van der Waals surface area contributed by atoms with Crippen molar-refractivity contribution in [3.63, 3.8) is 0 Å². The fraction of sp³-hybridized carbons (Fsp3) is 0.286. The standard InChI is InChI=1S/C14H8Cl2F4N2/c15-12-9-4-3-8(11(9)21-13(16)22-12)7-2-1-6(5-10(7)17)14(18,19)20/h1-2,5,8H,3-4H2. The maximum atomic E-state index is 14.1. The van der Waals surface area contributed by atoms with Crippen LogP contribution < -0.4 is 0 Å². The Bertz CT molecular complexity index is 746. The minimum Gasteiger partial charge on any atom is -0.222 e. The van der Waals surface area contributed by atoms with E-state index in [9.17, 15) is 17.6 Å². The fourth-order valence-corrected chi connectivity index (χ4v) is 3.17. The molecule has 0 fully saturated rings. The van der Waals surface area contributed by atoms with Crippen molar-refractivity contribution in [3.8, 4) is 0 Å². The topological polar surface area (TPSA) is 25.8 Å². The number of benzene rings is 1. The summed E-state index contributed by atoms with van der Waals surface area (Å²) in [6.45, 7) is 0. The van der Waals surface area contributed by atoms with Crippen LogP contribution in [0.1, 0.15) is 34.7 Å². The number of nitrogens with zero attached hydrogens (tertiary/aromatic N) is 2. The van der Waals surface area contributed by atoms with Gasteiger partial charge < -0.3 is 0 Å². The van der Waals surface area contributed by atoms with Gasteiger partial charge in [-0.25, -0.2) is 14.4 Å². The van der Waals surface area contributed by atoms with Gasteiger partial charge >= 0.3 is 6.18 Å². The molecule has 0 saturated carbocycles. The van der Waals surface area contributed by atoms with E-state index in [0.29, 0.717) is 30.2 Å². The van der Waals surface area contributed by atoms with Crippen molar-refractivity contribution in [1.82, 2.24) is 9.97 Å². The van der Waals surface area contributed by atoms with Crippen molar-refractivity contribution < 1.29 is 17.6 Å². The molecule has 1 aromatic heterocycles. The van der Waals surface area contributed by atoms with Gasteiger partial charge in [0.2, 0.25) is 5.28 Å². The second kappa shape index (κ2) is 5.35. The van der Waals surface area contributed by atoms with Gasteiger partial charge in [-0.2, -0.15) is 13.2 Å². The average Bonchev–Trinajstić information content (AvgIpc) is 2.81. The highest BCUT2D eigenvalue weighted by atomic mass is 35.5. The maximum absolute atomic E-state index is 14.1. The van der Waals surface area contributed by atoms with Crippen molar-refractivity contribution in [3.05, 3.63) is 56.8 Å². The fourth-order valence-electron chi connectivity index (χ4n) is 2.68. The molecule has 1 heterocycles. The number of alkyl halides is 3. The van der Waals surface area contributed by atoms with Crippen LogP contribution in [0.5, 0.6) is 0 Å². The van der Waals surface area contributed by atoms with E-state index in [0.717, 1.165) is 12.1 Å². The zero-order valence-electron chi connectivity index (χ0n) is 10.9. The summed E-state index contributed by atoms with van der Waals surface area (Å²) in [7, 11) is 0. The molecule has 2 aromatic rings. The molecule has 0 N–H and O–H groups in total. The molecule has 3 rings (SSSR count). The molecule has 0 radical (unpaired) electrons. The first kappa shape index (κ1) is 15.5. The predicted molar refractivity (Wildman–Crippen MR) is 73.6 cm³/mol. The van der Waals surface area contributed by atoms with Gasteiger partial charge in [0, 0.05) is 11.5 Å². The van der Waals surface area contributed by atoms with Gasteiger partial charge in [0.25, 0.3) is 0 Å². The van der Waals surface area contributed by atoms with E-state index in [-0.39, 0.29) is 16.0 Å². The molecule has 2 nitrogen and oxygen atoms in total. The van der Waals surface area contributed by atoms with Gasteiger partial charge in [0.1, 0.15) is 11.0 Å². The van der Waals surface area contributed by atoms with Crippen LogP contribution in [0.4, 0.5) is 17.6 Å². The molecule has 22 heavy (non-hydrogen) atoms. The number of halogens is 6. The van der Waals surface area contributed by atoms with Gasteiger partial charge in [0.05, 0.1) is 11.3 Å². The van der Waals surface area contributed by atoms with E-state index in [2.05, 4.69) is 9.97 Å². The Balaban J connectivity index is 2.05. The largest absolute Gasteiger partial charge is 0.416 e. The van der Waals surface area contributed by atoms with Gasteiger partial charge in [-0.3, -0.25) is 0 Å². The molecular formula is C14H8Cl2F4N2. The first-order valence-electron chi connectivity index (χ1n) is 6.36. The zero-order valence-corrected chi connectivity index (χ0v) is 12.4. The van der Waals surface area contributed by atoms with Crippen molar-refractivity contribution in [2.24, 2.45) is 0 Å². The Morgan fingerprint density at radius 1 is 1.14 bits per heavy atom. The molecule has 116 valence electrons. The summed E-state index contributed by atoms with van der Waals surface area (Å²) in [4.78, 5) is 7.89. The van der Waals surface area contributed by atoms with Gasteiger partial charge in [0.15, 0.2) is 0 Å². The number of rotatable bonds is 1. The SMILES string of the molecule is Fc1cc(C(F)(F)F)ccc1C1CCc2c(Cl)nc(Cl)nc21. The van der Waals surface area contributed by atoms with Crippen LogP contribution in [-0.2, 0) is 12.6 Å². The van der Waals surface area contributed by atoms with Crippen LogP contribution in [0.15, 0.2) is 18.2 Å². The van der Waals surface area contributed by atoms with E-state index in [1.165, 1.54) is 0 Å². The summed E-state index contributed by atoms with van der Waals surface area (Å²) in [5.74, 6) is -1.39. The number of fused-ring (bicyclic) bond motifs is 1. The van der Waals surface area contributed by atoms with Crippen molar-refractivity contribution in [1.29, 1.82) is 0 Å². The van der Waals surface area contributed by atoms with Gasteiger partial charge in [-0.1, -0.05) is 17.7 Å². The third-order valence-corrected chi connectivity index (χ3v) is 4.16. The number of hydrogen-bond donors (Lipinski definition) is 0. The summed E-state index contributed by atoms with van der Waals surface area (Å²) in [6, 6.07) is 2.50. The molecule has 1 aromatic carbocycles. The van der Waals surface area contributed by atoms with Crippen LogP contribution in [0.25, 0.3) is 0 Å². The Labute approximate surface area is 133 Å². The molecule has 1 unspecified atom stereocenters. The molecule has 0 amide bonds. The Hall–Kier alpha value is -1.40. The zero-order chi connectivity index (χ0) is 16.1. The summed E-state index contributed by atoms with van der Waals surface area (Å²) in [6.07, 6.45) is -3.56. The third-order valence-electron chi connectivity index (χ3n) is 3.68.